The van der Waals surface area contributed by atoms with Crippen molar-refractivity contribution < 1.29 is 18.7 Å². The number of hydrogen-bond donors (Lipinski definition) is 0. The molecule has 0 amide bonds. The second kappa shape index (κ2) is 9.41. The van der Waals surface area contributed by atoms with Crippen molar-refractivity contribution in [2.75, 3.05) is 12.5 Å². The molecular weight excluding hydrogens is 443 g/mol. The van der Waals surface area contributed by atoms with Crippen LogP contribution in [0.2, 0.25) is 0 Å². The van der Waals surface area contributed by atoms with Crippen LogP contribution in [0.5, 0.6) is 11.5 Å². The molecular formula is C24H19FN4O3S. The van der Waals surface area contributed by atoms with Crippen LogP contribution in [0.25, 0.3) is 17.1 Å². The third kappa shape index (κ3) is 4.73. The van der Waals surface area contributed by atoms with Gasteiger partial charge in [0.05, 0.1) is 5.75 Å². The molecule has 2 aromatic heterocycles. The van der Waals surface area contributed by atoms with Crippen molar-refractivity contribution >= 4 is 17.5 Å². The number of aromatic nitrogens is 4. The molecule has 0 aliphatic carbocycles. The summed E-state index contributed by atoms with van der Waals surface area (Å²) in [5.41, 5.74) is 2.50. The first-order valence-corrected chi connectivity index (χ1v) is 11.3. The van der Waals surface area contributed by atoms with E-state index in [1.165, 1.54) is 23.9 Å². The Kier molecular flexibility index (Phi) is 6.03. The number of halogens is 1. The smallest absolute Gasteiger partial charge is 0.231 e. The van der Waals surface area contributed by atoms with Crippen LogP contribution in [0.4, 0.5) is 4.39 Å². The molecule has 4 aromatic rings. The summed E-state index contributed by atoms with van der Waals surface area (Å²) in [5, 5.41) is 9.16. The number of aryl methyl sites for hydroxylation is 1. The van der Waals surface area contributed by atoms with E-state index in [4.69, 9.17) is 9.47 Å². The first-order chi connectivity index (χ1) is 16.2. The van der Waals surface area contributed by atoms with E-state index in [1.54, 1.807) is 24.5 Å². The van der Waals surface area contributed by atoms with Crippen molar-refractivity contribution in [2.45, 2.75) is 18.0 Å². The van der Waals surface area contributed by atoms with Crippen molar-refractivity contribution in [3.8, 4) is 28.6 Å². The Morgan fingerprint density at radius 1 is 1.06 bits per heavy atom. The highest BCUT2D eigenvalue weighted by Crippen LogP contribution is 2.33. The number of benzene rings is 2. The molecule has 0 saturated heterocycles. The zero-order valence-electron chi connectivity index (χ0n) is 17.5. The largest absolute Gasteiger partial charge is 0.454 e. The predicted octanol–water partition coefficient (Wildman–Crippen LogP) is 4.49. The van der Waals surface area contributed by atoms with Crippen LogP contribution in [0.1, 0.15) is 12.0 Å². The van der Waals surface area contributed by atoms with Crippen molar-refractivity contribution in [3.63, 3.8) is 0 Å². The topological polar surface area (TPSA) is 79.1 Å². The summed E-state index contributed by atoms with van der Waals surface area (Å²) >= 11 is 1.31. The second-order valence-corrected chi connectivity index (χ2v) is 8.32. The van der Waals surface area contributed by atoms with Gasteiger partial charge in [-0.3, -0.25) is 14.3 Å². The summed E-state index contributed by atoms with van der Waals surface area (Å²) in [4.78, 5) is 16.7. The Labute approximate surface area is 193 Å². The maximum atomic E-state index is 13.5. The number of pyridine rings is 1. The fraction of sp³-hybridized carbons (Fsp3) is 0.167. The number of ether oxygens (including phenoxy) is 2. The van der Waals surface area contributed by atoms with E-state index >= 15 is 0 Å². The minimum atomic E-state index is -0.331. The number of carbonyl (C=O) groups excluding carboxylic acids is 1. The number of thioether (sulfide) groups is 1. The van der Waals surface area contributed by atoms with E-state index < -0.39 is 0 Å². The molecule has 0 radical (unpaired) electrons. The summed E-state index contributed by atoms with van der Waals surface area (Å²) in [6, 6.07) is 15.5. The van der Waals surface area contributed by atoms with Gasteiger partial charge in [-0.1, -0.05) is 17.8 Å². The molecule has 0 bridgehead atoms. The van der Waals surface area contributed by atoms with Crippen LogP contribution >= 0.6 is 11.8 Å². The fourth-order valence-electron chi connectivity index (χ4n) is 3.47. The lowest BCUT2D eigenvalue weighted by Gasteiger charge is -2.10. The van der Waals surface area contributed by atoms with E-state index in [-0.39, 0.29) is 24.1 Å². The molecule has 0 saturated carbocycles. The fourth-order valence-corrected chi connectivity index (χ4v) is 4.32. The summed E-state index contributed by atoms with van der Waals surface area (Å²) in [6.07, 6.45) is 4.37. The van der Waals surface area contributed by atoms with Crippen LogP contribution in [-0.2, 0) is 11.2 Å². The summed E-state index contributed by atoms with van der Waals surface area (Å²) in [7, 11) is 0. The molecule has 1 aliphatic rings. The Morgan fingerprint density at radius 2 is 1.91 bits per heavy atom. The number of ketones is 1. The Bertz CT molecular complexity index is 1280. The maximum absolute atomic E-state index is 13.5. The minimum absolute atomic E-state index is 0.0919. The van der Waals surface area contributed by atoms with Gasteiger partial charge in [0.2, 0.25) is 6.79 Å². The average molecular weight is 463 g/mol. The SMILES string of the molecule is O=C(CCc1ccc2c(c1)OCO2)CSc1nnc(-c2cccnc2)n1-c1ccc(F)cc1. The van der Waals surface area contributed by atoms with E-state index in [1.807, 2.05) is 34.9 Å². The monoisotopic (exact) mass is 462 g/mol. The molecule has 0 spiro atoms. The van der Waals surface area contributed by atoms with E-state index in [0.717, 1.165) is 16.9 Å². The average Bonchev–Trinajstić information content (AvgIpc) is 3.49. The van der Waals surface area contributed by atoms with Crippen LogP contribution in [-0.4, -0.2) is 38.1 Å². The molecule has 0 N–H and O–H groups in total. The number of Topliss-reactive ketones (excluding diaryl/α,β-unsaturated/α-hetero) is 1. The van der Waals surface area contributed by atoms with Gasteiger partial charge in [-0.05, 0) is 60.5 Å². The van der Waals surface area contributed by atoms with Gasteiger partial charge in [0.15, 0.2) is 22.5 Å². The van der Waals surface area contributed by atoms with E-state index in [9.17, 15) is 9.18 Å². The van der Waals surface area contributed by atoms with Crippen LogP contribution in [0, 0.1) is 5.82 Å². The molecule has 7 nitrogen and oxygen atoms in total. The predicted molar refractivity (Wildman–Crippen MR) is 121 cm³/mol. The van der Waals surface area contributed by atoms with Crippen molar-refractivity contribution in [3.05, 3.63) is 78.4 Å². The van der Waals surface area contributed by atoms with Gasteiger partial charge < -0.3 is 9.47 Å². The zero-order valence-corrected chi connectivity index (χ0v) is 18.3. The number of rotatable bonds is 8. The third-order valence-corrected chi connectivity index (χ3v) is 6.12. The van der Waals surface area contributed by atoms with Gasteiger partial charge in [0.1, 0.15) is 11.6 Å². The quantitative estimate of drug-likeness (QED) is 0.357. The minimum Gasteiger partial charge on any atom is -0.454 e. The van der Waals surface area contributed by atoms with Gasteiger partial charge in [-0.25, -0.2) is 4.39 Å². The number of nitrogens with zero attached hydrogens (tertiary/aromatic N) is 4. The van der Waals surface area contributed by atoms with Gasteiger partial charge in [-0.15, -0.1) is 10.2 Å². The third-order valence-electron chi connectivity index (χ3n) is 5.13. The summed E-state index contributed by atoms with van der Waals surface area (Å²) in [5.74, 6) is 2.02. The van der Waals surface area contributed by atoms with Crippen LogP contribution in [0.3, 0.4) is 0 Å². The standard InChI is InChI=1S/C24H19FN4O3S/c25-18-5-7-19(8-6-18)29-23(17-2-1-11-26-13-17)27-28-24(29)33-14-20(30)9-3-16-4-10-21-22(12-16)32-15-31-21/h1-2,4-8,10-13H,3,9,14-15H2. The molecule has 1 aliphatic heterocycles. The molecule has 5 rings (SSSR count). The number of hydrogen-bond acceptors (Lipinski definition) is 7. The van der Waals surface area contributed by atoms with Gasteiger partial charge in [0, 0.05) is 30.1 Å². The first kappa shape index (κ1) is 21.1. The maximum Gasteiger partial charge on any atom is 0.231 e. The number of fused-ring (bicyclic) bond motifs is 1. The Morgan fingerprint density at radius 3 is 2.73 bits per heavy atom. The normalized spacial score (nSPS) is 12.2. The molecule has 2 aromatic carbocycles. The Hall–Kier alpha value is -3.72. The molecule has 33 heavy (non-hydrogen) atoms. The lowest BCUT2D eigenvalue weighted by Crippen LogP contribution is -2.06. The molecule has 0 unspecified atom stereocenters. The van der Waals surface area contributed by atoms with Crippen molar-refractivity contribution in [2.24, 2.45) is 0 Å². The highest BCUT2D eigenvalue weighted by Gasteiger charge is 2.18. The van der Waals surface area contributed by atoms with E-state index in [2.05, 4.69) is 15.2 Å². The molecule has 9 heteroatoms. The molecule has 166 valence electrons. The Balaban J connectivity index is 1.30. The number of carbonyl (C=O) groups is 1. The zero-order chi connectivity index (χ0) is 22.6. The summed E-state index contributed by atoms with van der Waals surface area (Å²) in [6.45, 7) is 0.226. The van der Waals surface area contributed by atoms with E-state index in [0.29, 0.717) is 35.3 Å². The molecule has 3 heterocycles. The van der Waals surface area contributed by atoms with Gasteiger partial charge >= 0.3 is 0 Å². The molecule has 0 atom stereocenters. The van der Waals surface area contributed by atoms with Gasteiger partial charge in [0.25, 0.3) is 0 Å². The highest BCUT2D eigenvalue weighted by atomic mass is 32.2. The molecule has 0 fully saturated rings. The van der Waals surface area contributed by atoms with Crippen molar-refractivity contribution in [1.29, 1.82) is 0 Å². The lowest BCUT2D eigenvalue weighted by atomic mass is 10.1. The highest BCUT2D eigenvalue weighted by molar-refractivity contribution is 7.99. The summed E-state index contributed by atoms with van der Waals surface area (Å²) < 4.78 is 26.0. The van der Waals surface area contributed by atoms with Crippen LogP contribution < -0.4 is 9.47 Å². The van der Waals surface area contributed by atoms with Gasteiger partial charge in [-0.2, -0.15) is 0 Å². The first-order valence-electron chi connectivity index (χ1n) is 10.3. The lowest BCUT2D eigenvalue weighted by molar-refractivity contribution is -0.116. The van der Waals surface area contributed by atoms with Crippen LogP contribution in [0.15, 0.2) is 72.1 Å². The second-order valence-electron chi connectivity index (χ2n) is 7.37. The van der Waals surface area contributed by atoms with Crippen molar-refractivity contribution in [1.82, 2.24) is 19.7 Å².